The fraction of sp³-hybridized carbons (Fsp3) is 0.480. The molecule has 2 fully saturated rings. The van der Waals surface area contributed by atoms with Crippen molar-refractivity contribution in [1.82, 2.24) is 29.8 Å². The van der Waals surface area contributed by atoms with Gasteiger partial charge in [-0.1, -0.05) is 0 Å². The van der Waals surface area contributed by atoms with Crippen LogP contribution in [0.5, 0.6) is 5.88 Å². The number of halogens is 6. The maximum Gasteiger partial charge on any atom is 0.418 e. The highest BCUT2D eigenvalue weighted by molar-refractivity contribution is 5.98. The Kier molecular flexibility index (Phi) is 6.65. The Balaban J connectivity index is 1.47. The van der Waals surface area contributed by atoms with Gasteiger partial charge in [-0.2, -0.15) is 18.3 Å². The van der Waals surface area contributed by atoms with Crippen LogP contribution in [0.3, 0.4) is 0 Å². The van der Waals surface area contributed by atoms with E-state index in [0.717, 1.165) is 27.9 Å². The number of likely N-dealkylation sites (tertiary alicyclic amines) is 1. The number of ether oxygens (including phenoxy) is 1. The minimum atomic E-state index is -4.83. The van der Waals surface area contributed by atoms with Crippen LogP contribution in [0.25, 0.3) is 16.8 Å². The molecule has 1 saturated carbocycles. The molecule has 3 atom stereocenters. The van der Waals surface area contributed by atoms with Crippen molar-refractivity contribution in [3.05, 3.63) is 35.3 Å². The molecule has 1 aliphatic carbocycles. The zero-order valence-electron chi connectivity index (χ0n) is 22.5. The van der Waals surface area contributed by atoms with Gasteiger partial charge in [-0.25, -0.2) is 27.7 Å². The molecular weight excluding hydrogens is 560 g/mol. The molecule has 4 heterocycles. The molecule has 0 spiro atoms. The molecule has 41 heavy (non-hydrogen) atoms. The fourth-order valence-corrected chi connectivity index (χ4v) is 5.37. The van der Waals surface area contributed by atoms with Gasteiger partial charge in [0.25, 0.3) is 11.8 Å². The quantitative estimate of drug-likeness (QED) is 0.439. The summed E-state index contributed by atoms with van der Waals surface area (Å²) in [6, 6.07) is 0.657. The number of nitrogen functional groups attached to an aromatic ring is 1. The summed E-state index contributed by atoms with van der Waals surface area (Å²) in [4.78, 5) is 34.8. The number of nitrogens with two attached hydrogens (primary N) is 1. The van der Waals surface area contributed by atoms with Gasteiger partial charge in [-0.3, -0.25) is 9.59 Å². The number of methoxy groups -OCH3 is 1. The predicted octanol–water partition coefficient (Wildman–Crippen LogP) is 3.42. The summed E-state index contributed by atoms with van der Waals surface area (Å²) in [5, 5.41) is 6.29. The van der Waals surface area contributed by atoms with Crippen LogP contribution in [0.2, 0.25) is 0 Å². The third-order valence-electron chi connectivity index (χ3n) is 7.41. The highest BCUT2D eigenvalue weighted by Crippen LogP contribution is 2.42. The first-order valence-corrected chi connectivity index (χ1v) is 12.5. The molecule has 1 unspecified atom stereocenters. The number of aryl methyl sites for hydroxylation is 1. The van der Waals surface area contributed by atoms with E-state index in [1.807, 2.05) is 0 Å². The first-order valence-electron chi connectivity index (χ1n) is 13.2. The number of rotatable bonds is 5. The lowest BCUT2D eigenvalue weighted by atomic mass is 10.0. The summed E-state index contributed by atoms with van der Waals surface area (Å²) in [5.74, 6) is -7.40. The van der Waals surface area contributed by atoms with E-state index < -0.39 is 79.0 Å². The number of hydrogen-bond acceptors (Lipinski definition) is 7. The lowest BCUT2D eigenvalue weighted by molar-refractivity contribution is -0.146. The first-order chi connectivity index (χ1) is 19.7. The molecule has 0 radical (unpaired) electrons. The lowest BCUT2D eigenvalue weighted by Crippen LogP contribution is -2.43. The second-order valence-corrected chi connectivity index (χ2v) is 10.0. The molecule has 0 bridgehead atoms. The molecule has 3 aromatic heterocycles. The van der Waals surface area contributed by atoms with Crippen LogP contribution in [0, 0.1) is 12.8 Å². The van der Waals surface area contributed by atoms with Gasteiger partial charge in [0.05, 0.1) is 38.0 Å². The number of hydrogen-bond donors (Lipinski definition) is 2. The Labute approximate surface area is 230 Å². The van der Waals surface area contributed by atoms with Crippen LogP contribution in [0.4, 0.5) is 32.2 Å². The fourth-order valence-electron chi connectivity index (χ4n) is 5.37. The zero-order valence-corrected chi connectivity index (χ0v) is 21.5. The van der Waals surface area contributed by atoms with Gasteiger partial charge in [0.15, 0.2) is 5.82 Å². The van der Waals surface area contributed by atoms with Gasteiger partial charge in [-0.05, 0) is 31.9 Å². The molecule has 3 N–H and O–H groups in total. The summed E-state index contributed by atoms with van der Waals surface area (Å²) in [6.07, 6.45) is -5.95. The molecule has 2 aliphatic rings. The molecule has 220 valence electrons. The normalized spacial score (nSPS) is 22.7. The molecular formula is C25H25F6N7O3. The molecule has 1 aliphatic heterocycles. The average molecular weight is 587 g/mol. The van der Waals surface area contributed by atoms with Gasteiger partial charge < -0.3 is 20.7 Å². The number of alkyl halides is 6. The summed E-state index contributed by atoms with van der Waals surface area (Å²) in [7, 11) is -0.671. The van der Waals surface area contributed by atoms with Crippen molar-refractivity contribution in [1.29, 1.82) is 0 Å². The second-order valence-electron chi connectivity index (χ2n) is 10.0. The van der Waals surface area contributed by atoms with Crippen LogP contribution in [-0.4, -0.2) is 74.6 Å². The number of anilines is 1. The van der Waals surface area contributed by atoms with Crippen molar-refractivity contribution in [3.63, 3.8) is 0 Å². The van der Waals surface area contributed by atoms with E-state index in [0.29, 0.717) is 0 Å². The van der Waals surface area contributed by atoms with E-state index in [1.165, 1.54) is 6.92 Å². The molecule has 5 rings (SSSR count). The maximum atomic E-state index is 14.9. The first kappa shape index (κ1) is 27.1. The number of carbonyl (C=O) groups is 2. The number of nitrogens with zero attached hydrogens (tertiary/aromatic N) is 5. The van der Waals surface area contributed by atoms with Crippen LogP contribution in [0.1, 0.15) is 42.2 Å². The summed E-state index contributed by atoms with van der Waals surface area (Å²) >= 11 is 0. The molecule has 3 aromatic rings. The van der Waals surface area contributed by atoms with E-state index in [4.69, 9.17) is 11.8 Å². The van der Waals surface area contributed by atoms with Crippen molar-refractivity contribution in [2.75, 3.05) is 25.9 Å². The molecule has 0 aromatic carbocycles. The predicted molar refractivity (Wildman–Crippen MR) is 132 cm³/mol. The Hall–Kier alpha value is -4.11. The largest absolute Gasteiger partial charge is 0.480 e. The summed E-state index contributed by atoms with van der Waals surface area (Å²) in [6.45, 7) is 0.566. The Morgan fingerprint density at radius 1 is 1.27 bits per heavy atom. The minimum absolute atomic E-state index is 0.0181. The SMILES string of the molecule is [2H]COc1nc(C)c(-c2cc(C(F)(F)F)c3c(N)ncnn23)cc1C(=O)N[C@@H]1CN(C(=O)C2CCCC2(F)F)C[C@@H]1F. The third kappa shape index (κ3) is 4.99. The van der Waals surface area contributed by atoms with Crippen LogP contribution >= 0.6 is 0 Å². The Morgan fingerprint density at radius 2 is 2.02 bits per heavy atom. The lowest BCUT2D eigenvalue weighted by Gasteiger charge is -2.24. The summed E-state index contributed by atoms with van der Waals surface area (Å²) < 4.78 is 98.2. The van der Waals surface area contributed by atoms with Gasteiger partial charge in [-0.15, -0.1) is 0 Å². The maximum absolute atomic E-state index is 14.9. The van der Waals surface area contributed by atoms with Crippen LogP contribution < -0.4 is 15.8 Å². The van der Waals surface area contributed by atoms with Crippen LogP contribution in [0.15, 0.2) is 18.5 Å². The number of aromatic nitrogens is 4. The Morgan fingerprint density at radius 3 is 2.68 bits per heavy atom. The average Bonchev–Trinajstić information content (AvgIpc) is 3.59. The second kappa shape index (κ2) is 10.1. The zero-order chi connectivity index (χ0) is 30.6. The highest BCUT2D eigenvalue weighted by Gasteiger charge is 2.51. The topological polar surface area (TPSA) is 128 Å². The number of nitrogens with one attached hydrogen (secondary N) is 1. The molecule has 1 saturated heterocycles. The van der Waals surface area contributed by atoms with E-state index in [-0.39, 0.29) is 47.8 Å². The standard InChI is InChI=1S/C25H25F6N7O3/c1-11-12(18-7-15(25(29,30)31)19-20(32)33-10-34-38(18)19)6-13(22(35-11)41-2)21(39)36-17-9-37(8-16(17)26)23(40)14-4-3-5-24(14,27)28/h6-7,10,14,16-17H,3-5,8-9H2,1-2H3,(H,36,39)(H2,32,33,34)/t14?,16-,17+/m0/s1/i2D. The number of pyridine rings is 1. The van der Waals surface area contributed by atoms with Crippen molar-refractivity contribution >= 4 is 23.1 Å². The van der Waals surface area contributed by atoms with E-state index >= 15 is 0 Å². The van der Waals surface area contributed by atoms with Gasteiger partial charge >= 0.3 is 6.18 Å². The van der Waals surface area contributed by atoms with Crippen molar-refractivity contribution < 1.29 is 42.0 Å². The number of fused-ring (bicyclic) bond motifs is 1. The van der Waals surface area contributed by atoms with E-state index in [1.54, 1.807) is 0 Å². The minimum Gasteiger partial charge on any atom is -0.480 e. The van der Waals surface area contributed by atoms with E-state index in [9.17, 15) is 35.9 Å². The monoisotopic (exact) mass is 586 g/mol. The van der Waals surface area contributed by atoms with Gasteiger partial charge in [0, 0.05) is 18.5 Å². The third-order valence-corrected chi connectivity index (χ3v) is 7.41. The molecule has 10 nitrogen and oxygen atoms in total. The Bertz CT molecular complexity index is 1550. The number of carbonyl (C=O) groups excluding carboxylic acids is 2. The highest BCUT2D eigenvalue weighted by atomic mass is 19.4. The number of amides is 2. The van der Waals surface area contributed by atoms with Gasteiger partial charge in [0.1, 0.15) is 29.5 Å². The van der Waals surface area contributed by atoms with E-state index in [2.05, 4.69) is 20.4 Å². The van der Waals surface area contributed by atoms with Crippen molar-refractivity contribution in [2.24, 2.45) is 5.92 Å². The smallest absolute Gasteiger partial charge is 0.418 e. The summed E-state index contributed by atoms with van der Waals surface area (Å²) in [5.41, 5.74) is 3.73. The van der Waals surface area contributed by atoms with Crippen molar-refractivity contribution in [2.45, 2.75) is 50.5 Å². The van der Waals surface area contributed by atoms with Gasteiger partial charge in [0.2, 0.25) is 11.8 Å². The van der Waals surface area contributed by atoms with Crippen LogP contribution in [-0.2, 0) is 11.0 Å². The van der Waals surface area contributed by atoms with Crippen molar-refractivity contribution in [3.8, 4) is 17.1 Å². The molecule has 16 heteroatoms. The molecule has 2 amide bonds.